The Morgan fingerprint density at radius 1 is 1.11 bits per heavy atom. The lowest BCUT2D eigenvalue weighted by Gasteiger charge is -2.47. The molecule has 2 N–H and O–H groups in total. The maximum Gasteiger partial charge on any atom is 0.311 e. The highest BCUT2D eigenvalue weighted by Crippen LogP contribution is 2.46. The number of carbonyl (C=O) groups excluding carboxylic acids is 1. The summed E-state index contributed by atoms with van der Waals surface area (Å²) in [6.45, 7) is 2.23. The van der Waals surface area contributed by atoms with Gasteiger partial charge in [0, 0.05) is 23.9 Å². The van der Waals surface area contributed by atoms with Crippen LogP contribution in [0, 0.1) is 29.6 Å². The van der Waals surface area contributed by atoms with E-state index in [4.69, 9.17) is 26.3 Å². The molecule has 9 heteroatoms. The van der Waals surface area contributed by atoms with Gasteiger partial charge in [0.2, 0.25) is 0 Å². The average Bonchev–Trinajstić information content (AvgIpc) is 3.36. The molecule has 7 rings (SSSR count). The number of ether oxygens (including phenoxy) is 1. The number of carbonyl (C=O) groups is 1. The number of fused-ring (bicyclic) bond motifs is 4. The molecule has 3 saturated carbocycles. The maximum atomic E-state index is 13.0. The third kappa shape index (κ3) is 4.82. The molecular formula is C29H27ClN6O2. The van der Waals surface area contributed by atoms with Gasteiger partial charge in [-0.3, -0.25) is 4.79 Å². The molecule has 0 unspecified atom stereocenters. The molecule has 192 valence electrons. The van der Waals surface area contributed by atoms with E-state index < -0.39 is 0 Å². The lowest BCUT2D eigenvalue weighted by molar-refractivity contribution is -0.154. The summed E-state index contributed by atoms with van der Waals surface area (Å²) in [6.07, 6.45) is 7.57. The number of H-pyrrole nitrogens is 1. The predicted molar refractivity (Wildman–Crippen MR) is 145 cm³/mol. The molecule has 1 aromatic carbocycles. The van der Waals surface area contributed by atoms with Gasteiger partial charge in [0.05, 0.1) is 24.3 Å². The Kier molecular flexibility index (Phi) is 6.69. The van der Waals surface area contributed by atoms with Gasteiger partial charge < -0.3 is 15.0 Å². The van der Waals surface area contributed by atoms with E-state index in [9.17, 15) is 4.79 Å². The van der Waals surface area contributed by atoms with E-state index in [-0.39, 0.29) is 23.1 Å². The molecule has 38 heavy (non-hydrogen) atoms. The first-order chi connectivity index (χ1) is 18.6. The second kappa shape index (κ2) is 10.4. The first-order valence-corrected chi connectivity index (χ1v) is 13.4. The highest BCUT2D eigenvalue weighted by atomic mass is 35.5. The first-order valence-electron chi connectivity index (χ1n) is 13.0. The van der Waals surface area contributed by atoms with Gasteiger partial charge in [0.15, 0.2) is 11.5 Å². The highest BCUT2D eigenvalue weighted by Gasteiger charge is 2.48. The Balaban J connectivity index is 1.41. The van der Waals surface area contributed by atoms with Gasteiger partial charge in [0.25, 0.3) is 0 Å². The SMILES string of the molecule is CCOC(=O)[C@@H]1C2CCC(CC2)[C@H]1Nc1cc(C#Cc2ccccc2)nc(-c2c[nH]c3ncc(Cl)nc23)n1. The highest BCUT2D eigenvalue weighted by molar-refractivity contribution is 6.29. The zero-order valence-corrected chi connectivity index (χ0v) is 21.7. The molecule has 2 atom stereocenters. The zero-order valence-electron chi connectivity index (χ0n) is 20.9. The summed E-state index contributed by atoms with van der Waals surface area (Å²) in [5, 5.41) is 3.89. The van der Waals surface area contributed by atoms with Gasteiger partial charge in [-0.1, -0.05) is 35.7 Å². The number of benzene rings is 1. The molecule has 3 aliphatic carbocycles. The molecule has 3 heterocycles. The van der Waals surface area contributed by atoms with Crippen molar-refractivity contribution in [1.82, 2.24) is 24.9 Å². The second-order valence-corrected chi connectivity index (χ2v) is 10.2. The fourth-order valence-corrected chi connectivity index (χ4v) is 5.94. The molecule has 3 aliphatic rings. The number of nitrogens with one attached hydrogen (secondary N) is 2. The molecular weight excluding hydrogens is 500 g/mol. The van der Waals surface area contributed by atoms with Crippen LogP contribution in [-0.4, -0.2) is 43.5 Å². The predicted octanol–water partition coefficient (Wildman–Crippen LogP) is 5.25. The summed E-state index contributed by atoms with van der Waals surface area (Å²) < 4.78 is 5.49. The van der Waals surface area contributed by atoms with Crippen molar-refractivity contribution in [3.8, 4) is 23.2 Å². The third-order valence-electron chi connectivity index (χ3n) is 7.52. The summed E-state index contributed by atoms with van der Waals surface area (Å²) in [5.41, 5.74) is 3.29. The molecule has 0 spiro atoms. The molecule has 0 amide bonds. The number of nitrogens with zero attached hydrogens (tertiary/aromatic N) is 4. The normalized spacial score (nSPS) is 22.1. The fraction of sp³-hybridized carbons (Fsp3) is 0.345. The van der Waals surface area contributed by atoms with Gasteiger partial charge >= 0.3 is 5.97 Å². The van der Waals surface area contributed by atoms with E-state index in [1.807, 2.05) is 43.3 Å². The lowest BCUT2D eigenvalue weighted by atomic mass is 9.61. The van der Waals surface area contributed by atoms with Crippen LogP contribution in [0.1, 0.15) is 43.9 Å². The molecule has 4 aromatic rings. The minimum Gasteiger partial charge on any atom is -0.466 e. The summed E-state index contributed by atoms with van der Waals surface area (Å²) >= 11 is 6.14. The van der Waals surface area contributed by atoms with Crippen molar-refractivity contribution >= 4 is 34.6 Å². The summed E-state index contributed by atoms with van der Waals surface area (Å²) in [4.78, 5) is 34.5. The molecule has 0 saturated heterocycles. The minimum atomic E-state index is -0.197. The van der Waals surface area contributed by atoms with Crippen LogP contribution in [0.3, 0.4) is 0 Å². The van der Waals surface area contributed by atoms with E-state index >= 15 is 0 Å². The smallest absolute Gasteiger partial charge is 0.311 e. The van der Waals surface area contributed by atoms with Crippen molar-refractivity contribution in [2.75, 3.05) is 11.9 Å². The topological polar surface area (TPSA) is 106 Å². The van der Waals surface area contributed by atoms with Crippen LogP contribution in [0.4, 0.5) is 5.82 Å². The summed E-state index contributed by atoms with van der Waals surface area (Å²) in [7, 11) is 0. The second-order valence-electron chi connectivity index (χ2n) is 9.79. The van der Waals surface area contributed by atoms with E-state index in [1.165, 1.54) is 6.20 Å². The Hall–Kier alpha value is -3.96. The Labute approximate surface area is 225 Å². The standard InChI is InChI=1S/C29H27ClN6O2/c1-2-38-29(37)24-18-9-11-19(12-10-18)25(24)35-23-14-20(13-8-17-6-4-3-5-7-17)33-27(36-23)21-15-31-28-26(21)34-22(30)16-32-28/h3-7,14-16,18-19,24-25H,2,9-12H2,1H3,(H,31,32)(H,33,35,36)/t18?,19?,24-,25-/m1/s1. The summed E-state index contributed by atoms with van der Waals surface area (Å²) in [6, 6.07) is 11.5. The number of halogens is 1. The van der Waals surface area contributed by atoms with Crippen LogP contribution in [0.5, 0.6) is 0 Å². The fourth-order valence-electron chi connectivity index (χ4n) is 5.81. The summed E-state index contributed by atoms with van der Waals surface area (Å²) in [5.74, 6) is 7.81. The molecule has 0 aliphatic heterocycles. The molecule has 3 aromatic heterocycles. The van der Waals surface area contributed by atoms with Crippen LogP contribution in [0.2, 0.25) is 5.15 Å². The van der Waals surface area contributed by atoms with E-state index in [1.54, 1.807) is 6.20 Å². The Bertz CT molecular complexity index is 1540. The van der Waals surface area contributed by atoms with Crippen molar-refractivity contribution in [3.63, 3.8) is 0 Å². The molecule has 0 radical (unpaired) electrons. The van der Waals surface area contributed by atoms with Gasteiger partial charge in [-0.2, -0.15) is 0 Å². The van der Waals surface area contributed by atoms with Crippen molar-refractivity contribution in [2.24, 2.45) is 17.8 Å². The first kappa shape index (κ1) is 24.4. The van der Waals surface area contributed by atoms with Crippen molar-refractivity contribution in [1.29, 1.82) is 0 Å². The lowest BCUT2D eigenvalue weighted by Crippen LogP contribution is -2.52. The quantitative estimate of drug-likeness (QED) is 0.270. The van der Waals surface area contributed by atoms with Gasteiger partial charge in [-0.25, -0.2) is 19.9 Å². The number of aromatic nitrogens is 5. The van der Waals surface area contributed by atoms with E-state index in [0.717, 1.165) is 31.2 Å². The number of anilines is 1. The number of hydrogen-bond acceptors (Lipinski definition) is 7. The van der Waals surface area contributed by atoms with Crippen LogP contribution in [0.25, 0.3) is 22.6 Å². The number of rotatable bonds is 5. The maximum absolute atomic E-state index is 13.0. The van der Waals surface area contributed by atoms with Crippen LogP contribution in [-0.2, 0) is 9.53 Å². The Morgan fingerprint density at radius 3 is 2.68 bits per heavy atom. The van der Waals surface area contributed by atoms with Crippen LogP contribution < -0.4 is 5.32 Å². The third-order valence-corrected chi connectivity index (χ3v) is 7.70. The van der Waals surface area contributed by atoms with E-state index in [0.29, 0.717) is 52.5 Å². The molecule has 3 fully saturated rings. The average molecular weight is 527 g/mol. The van der Waals surface area contributed by atoms with Gasteiger partial charge in [-0.15, -0.1) is 0 Å². The number of esters is 1. The molecule has 8 nitrogen and oxygen atoms in total. The van der Waals surface area contributed by atoms with Crippen LogP contribution in [0.15, 0.2) is 48.8 Å². The van der Waals surface area contributed by atoms with Crippen molar-refractivity contribution in [3.05, 3.63) is 65.2 Å². The molecule has 2 bridgehead atoms. The monoisotopic (exact) mass is 526 g/mol. The van der Waals surface area contributed by atoms with E-state index in [2.05, 4.69) is 32.1 Å². The van der Waals surface area contributed by atoms with Gasteiger partial charge in [0.1, 0.15) is 22.2 Å². The Morgan fingerprint density at radius 2 is 1.89 bits per heavy atom. The zero-order chi connectivity index (χ0) is 26.1. The number of hydrogen-bond donors (Lipinski definition) is 2. The largest absolute Gasteiger partial charge is 0.466 e. The van der Waals surface area contributed by atoms with Crippen molar-refractivity contribution in [2.45, 2.75) is 38.6 Å². The minimum absolute atomic E-state index is 0.0589. The van der Waals surface area contributed by atoms with Gasteiger partial charge in [-0.05, 0) is 62.5 Å². The number of aromatic amines is 1. The van der Waals surface area contributed by atoms with Crippen molar-refractivity contribution < 1.29 is 9.53 Å². The van der Waals surface area contributed by atoms with Crippen LogP contribution >= 0.6 is 11.6 Å².